The van der Waals surface area contributed by atoms with Gasteiger partial charge in [-0.15, -0.1) is 0 Å². The zero-order valence-electron chi connectivity index (χ0n) is 13.8. The molecule has 126 valence electrons. The molecule has 2 heterocycles. The Hall–Kier alpha value is -2.59. The van der Waals surface area contributed by atoms with Crippen LogP contribution >= 0.6 is 11.6 Å². The lowest BCUT2D eigenvalue weighted by molar-refractivity contribution is 0.339. The van der Waals surface area contributed by atoms with Crippen LogP contribution in [0.25, 0.3) is 22.6 Å². The van der Waals surface area contributed by atoms with E-state index >= 15 is 0 Å². The summed E-state index contributed by atoms with van der Waals surface area (Å²) in [6.07, 6.45) is 2.83. The van der Waals surface area contributed by atoms with E-state index in [0.29, 0.717) is 34.9 Å². The van der Waals surface area contributed by atoms with Gasteiger partial charge < -0.3 is 4.74 Å². The Balaban J connectivity index is 1.87. The monoisotopic (exact) mass is 352 g/mol. The van der Waals surface area contributed by atoms with E-state index in [1.165, 1.54) is 0 Å². The molecular formula is C20H17ClN2O2. The lowest BCUT2D eigenvalue weighted by atomic mass is 10.1. The summed E-state index contributed by atoms with van der Waals surface area (Å²) in [4.78, 5) is 17.4. The summed E-state index contributed by atoms with van der Waals surface area (Å²) in [6, 6.07) is 13.1. The van der Waals surface area contributed by atoms with Crippen molar-refractivity contribution in [1.82, 2.24) is 9.55 Å². The SMILES string of the molecule is CCOc1ccccc1/C=C1/CCn2c1nc1cc(Cl)ccc1c2=O. The van der Waals surface area contributed by atoms with Crippen LogP contribution in [0.4, 0.5) is 0 Å². The summed E-state index contributed by atoms with van der Waals surface area (Å²) >= 11 is 6.06. The molecule has 1 aliphatic rings. The third-order valence-electron chi connectivity index (χ3n) is 4.36. The predicted octanol–water partition coefficient (Wildman–Crippen LogP) is 4.39. The zero-order chi connectivity index (χ0) is 17.4. The molecule has 0 aliphatic carbocycles. The van der Waals surface area contributed by atoms with Crippen molar-refractivity contribution in [2.45, 2.75) is 19.9 Å². The first kappa shape index (κ1) is 15.9. The molecular weight excluding hydrogens is 336 g/mol. The van der Waals surface area contributed by atoms with Crippen LogP contribution in [0.2, 0.25) is 5.02 Å². The molecule has 0 radical (unpaired) electrons. The minimum absolute atomic E-state index is 0.0156. The summed E-state index contributed by atoms with van der Waals surface area (Å²) in [5.74, 6) is 1.55. The van der Waals surface area contributed by atoms with Crippen molar-refractivity contribution in [3.05, 3.63) is 69.2 Å². The zero-order valence-corrected chi connectivity index (χ0v) is 14.6. The highest BCUT2D eigenvalue weighted by Crippen LogP contribution is 2.30. The Morgan fingerprint density at radius 2 is 2.12 bits per heavy atom. The van der Waals surface area contributed by atoms with Gasteiger partial charge in [-0.2, -0.15) is 0 Å². The summed E-state index contributed by atoms with van der Waals surface area (Å²) in [6.45, 7) is 3.21. The molecule has 4 rings (SSSR count). The lowest BCUT2D eigenvalue weighted by Gasteiger charge is -2.08. The molecule has 0 fully saturated rings. The summed E-state index contributed by atoms with van der Waals surface area (Å²) < 4.78 is 7.44. The Morgan fingerprint density at radius 3 is 2.96 bits per heavy atom. The first-order chi connectivity index (χ1) is 12.2. The average molecular weight is 353 g/mol. The number of hydrogen-bond acceptors (Lipinski definition) is 3. The first-order valence-electron chi connectivity index (χ1n) is 8.30. The molecule has 0 saturated carbocycles. The number of rotatable bonds is 3. The highest BCUT2D eigenvalue weighted by atomic mass is 35.5. The topological polar surface area (TPSA) is 44.1 Å². The van der Waals surface area contributed by atoms with Crippen LogP contribution in [0.15, 0.2) is 47.3 Å². The maximum absolute atomic E-state index is 12.7. The quantitative estimate of drug-likeness (QED) is 0.702. The van der Waals surface area contributed by atoms with Crippen molar-refractivity contribution in [2.24, 2.45) is 0 Å². The molecule has 2 aromatic carbocycles. The maximum Gasteiger partial charge on any atom is 0.261 e. The number of benzene rings is 2. The highest BCUT2D eigenvalue weighted by Gasteiger charge is 2.21. The predicted molar refractivity (Wildman–Crippen MR) is 101 cm³/mol. The fourth-order valence-corrected chi connectivity index (χ4v) is 3.37. The first-order valence-corrected chi connectivity index (χ1v) is 8.68. The van der Waals surface area contributed by atoms with Gasteiger partial charge >= 0.3 is 0 Å². The van der Waals surface area contributed by atoms with E-state index in [9.17, 15) is 4.79 Å². The van der Waals surface area contributed by atoms with Gasteiger partial charge in [0.05, 0.1) is 17.5 Å². The van der Waals surface area contributed by atoms with Crippen molar-refractivity contribution < 1.29 is 4.74 Å². The molecule has 5 heteroatoms. The molecule has 3 aromatic rings. The third-order valence-corrected chi connectivity index (χ3v) is 4.59. The van der Waals surface area contributed by atoms with Crippen LogP contribution in [0.5, 0.6) is 5.75 Å². The smallest absolute Gasteiger partial charge is 0.261 e. The highest BCUT2D eigenvalue weighted by molar-refractivity contribution is 6.31. The molecule has 0 atom stereocenters. The Kier molecular flexibility index (Phi) is 4.06. The van der Waals surface area contributed by atoms with Crippen molar-refractivity contribution in [1.29, 1.82) is 0 Å². The Morgan fingerprint density at radius 1 is 1.28 bits per heavy atom. The van der Waals surface area contributed by atoms with Crippen LogP contribution in [0.1, 0.15) is 24.7 Å². The van der Waals surface area contributed by atoms with E-state index in [0.717, 1.165) is 23.3 Å². The summed E-state index contributed by atoms with van der Waals surface area (Å²) in [5.41, 5.74) is 2.65. The second-order valence-electron chi connectivity index (χ2n) is 5.94. The van der Waals surface area contributed by atoms with Gasteiger partial charge in [-0.3, -0.25) is 9.36 Å². The van der Waals surface area contributed by atoms with Gasteiger partial charge in [0, 0.05) is 17.1 Å². The Labute approximate surface area is 150 Å². The van der Waals surface area contributed by atoms with Crippen LogP contribution < -0.4 is 10.3 Å². The maximum atomic E-state index is 12.7. The van der Waals surface area contributed by atoms with Gasteiger partial charge in [0.15, 0.2) is 0 Å². The summed E-state index contributed by atoms with van der Waals surface area (Å²) in [7, 11) is 0. The summed E-state index contributed by atoms with van der Waals surface area (Å²) in [5, 5.41) is 1.18. The van der Waals surface area contributed by atoms with Crippen LogP contribution in [-0.4, -0.2) is 16.2 Å². The normalized spacial score (nSPS) is 14.9. The molecule has 0 spiro atoms. The fourth-order valence-electron chi connectivity index (χ4n) is 3.20. The van der Waals surface area contributed by atoms with Crippen LogP contribution in [0.3, 0.4) is 0 Å². The van der Waals surface area contributed by atoms with Gasteiger partial charge in [-0.05, 0) is 49.3 Å². The Bertz CT molecular complexity index is 1050. The molecule has 0 bridgehead atoms. The largest absolute Gasteiger partial charge is 0.493 e. The fraction of sp³-hybridized carbons (Fsp3) is 0.200. The van der Waals surface area contributed by atoms with Crippen LogP contribution in [-0.2, 0) is 6.54 Å². The van der Waals surface area contributed by atoms with Gasteiger partial charge in [0.2, 0.25) is 0 Å². The number of para-hydroxylation sites is 1. The van der Waals surface area contributed by atoms with Crippen molar-refractivity contribution in [3.63, 3.8) is 0 Å². The second kappa shape index (κ2) is 6.37. The van der Waals surface area contributed by atoms with Crippen molar-refractivity contribution in [3.8, 4) is 5.75 Å². The second-order valence-corrected chi connectivity index (χ2v) is 6.38. The lowest BCUT2D eigenvalue weighted by Crippen LogP contribution is -2.20. The molecule has 0 unspecified atom stereocenters. The number of hydrogen-bond donors (Lipinski definition) is 0. The molecule has 4 nitrogen and oxygen atoms in total. The number of fused-ring (bicyclic) bond motifs is 2. The van der Waals surface area contributed by atoms with E-state index < -0.39 is 0 Å². The number of allylic oxidation sites excluding steroid dienone is 1. The number of nitrogens with zero attached hydrogens (tertiary/aromatic N) is 2. The van der Waals surface area contributed by atoms with E-state index in [2.05, 4.69) is 6.08 Å². The minimum atomic E-state index is -0.0156. The third kappa shape index (κ3) is 2.83. The van der Waals surface area contributed by atoms with Gasteiger partial charge in [0.25, 0.3) is 5.56 Å². The molecule has 0 N–H and O–H groups in total. The van der Waals surface area contributed by atoms with E-state index in [1.54, 1.807) is 22.8 Å². The van der Waals surface area contributed by atoms with Crippen molar-refractivity contribution in [2.75, 3.05) is 6.61 Å². The molecule has 1 aromatic heterocycles. The molecule has 1 aliphatic heterocycles. The number of aromatic nitrogens is 2. The van der Waals surface area contributed by atoms with Gasteiger partial charge in [-0.25, -0.2) is 4.98 Å². The van der Waals surface area contributed by atoms with Crippen LogP contribution in [0, 0.1) is 0 Å². The van der Waals surface area contributed by atoms with Crippen molar-refractivity contribution >= 4 is 34.2 Å². The minimum Gasteiger partial charge on any atom is -0.493 e. The number of halogens is 1. The standard InChI is InChI=1S/C20H17ClN2O2/c1-2-25-18-6-4-3-5-13(18)11-14-9-10-23-19(14)22-17-12-15(21)7-8-16(17)20(23)24/h3-8,11-12H,2,9-10H2,1H3/b14-11-. The van der Waals surface area contributed by atoms with E-state index in [-0.39, 0.29) is 5.56 Å². The van der Waals surface area contributed by atoms with E-state index in [4.69, 9.17) is 21.3 Å². The molecule has 0 saturated heterocycles. The molecule has 25 heavy (non-hydrogen) atoms. The average Bonchev–Trinajstić information content (AvgIpc) is 3.00. The van der Waals surface area contributed by atoms with Gasteiger partial charge in [-0.1, -0.05) is 29.8 Å². The number of ether oxygens (including phenoxy) is 1. The van der Waals surface area contributed by atoms with E-state index in [1.807, 2.05) is 31.2 Å². The van der Waals surface area contributed by atoms with Gasteiger partial charge in [0.1, 0.15) is 11.6 Å². The molecule has 0 amide bonds.